The van der Waals surface area contributed by atoms with Crippen LogP contribution in [0, 0.1) is 0 Å². The molecule has 114 valence electrons. The van der Waals surface area contributed by atoms with Crippen molar-refractivity contribution in [3.05, 3.63) is 52.8 Å². The third-order valence-corrected chi connectivity index (χ3v) is 3.77. The summed E-state index contributed by atoms with van der Waals surface area (Å²) in [5, 5.41) is 8.80. The predicted octanol–water partition coefficient (Wildman–Crippen LogP) is 4.53. The van der Waals surface area contributed by atoms with Crippen molar-refractivity contribution in [3.8, 4) is 0 Å². The Morgan fingerprint density at radius 1 is 1.33 bits per heavy atom. The van der Waals surface area contributed by atoms with Crippen LogP contribution in [0.5, 0.6) is 0 Å². The summed E-state index contributed by atoms with van der Waals surface area (Å²) in [5.74, 6) is 0. The fraction of sp³-hybridized carbons (Fsp3) is 0.471. The maximum Gasteiger partial charge on any atom is 0.0543 e. The molecule has 0 fully saturated rings. The highest BCUT2D eigenvalue weighted by molar-refractivity contribution is 6.30. The van der Waals surface area contributed by atoms with Crippen LogP contribution in [0.1, 0.15) is 51.3 Å². The molecule has 4 heteroatoms. The van der Waals surface area contributed by atoms with Crippen LogP contribution in [-0.4, -0.2) is 9.78 Å². The van der Waals surface area contributed by atoms with E-state index in [1.54, 1.807) is 0 Å². The molecule has 1 heterocycles. The van der Waals surface area contributed by atoms with Gasteiger partial charge in [-0.1, -0.05) is 30.7 Å². The minimum absolute atomic E-state index is 0.0232. The molecule has 1 aromatic heterocycles. The highest BCUT2D eigenvalue weighted by atomic mass is 35.5. The molecule has 1 atom stereocenters. The predicted molar refractivity (Wildman–Crippen MR) is 88.5 cm³/mol. The monoisotopic (exact) mass is 305 g/mol. The molecule has 0 saturated heterocycles. The summed E-state index contributed by atoms with van der Waals surface area (Å²) in [6.45, 7) is 9.44. The fourth-order valence-corrected chi connectivity index (χ4v) is 2.48. The maximum absolute atomic E-state index is 6.08. The zero-order valence-corrected chi connectivity index (χ0v) is 14.0. The van der Waals surface area contributed by atoms with Gasteiger partial charge in [0.05, 0.1) is 11.7 Å². The van der Waals surface area contributed by atoms with Gasteiger partial charge in [-0.05, 0) is 44.9 Å². The lowest BCUT2D eigenvalue weighted by molar-refractivity contribution is 0.355. The number of benzene rings is 1. The van der Waals surface area contributed by atoms with Crippen LogP contribution in [0.25, 0.3) is 0 Å². The Morgan fingerprint density at radius 3 is 2.67 bits per heavy atom. The van der Waals surface area contributed by atoms with Gasteiger partial charge in [-0.2, -0.15) is 5.10 Å². The summed E-state index contributed by atoms with van der Waals surface area (Å²) in [7, 11) is 0. The quantitative estimate of drug-likeness (QED) is 0.879. The number of nitrogens with one attached hydrogen (secondary N) is 1. The summed E-state index contributed by atoms with van der Waals surface area (Å²) < 4.78 is 2.00. The topological polar surface area (TPSA) is 29.9 Å². The van der Waals surface area contributed by atoms with Crippen LogP contribution in [0.2, 0.25) is 5.02 Å². The standard InChI is InChI=1S/C17H24ClN3/c1-5-16(14-7-6-8-15(18)9-14)19-10-13-11-20-21(12-13)17(2,3)4/h6-9,11-12,16,19H,5,10H2,1-4H3. The van der Waals surface area contributed by atoms with E-state index in [0.717, 1.165) is 18.0 Å². The minimum atomic E-state index is 0.0232. The van der Waals surface area contributed by atoms with E-state index >= 15 is 0 Å². The minimum Gasteiger partial charge on any atom is -0.306 e. The molecule has 2 rings (SSSR count). The van der Waals surface area contributed by atoms with Crippen molar-refractivity contribution < 1.29 is 0 Å². The molecule has 0 bridgehead atoms. The summed E-state index contributed by atoms with van der Waals surface area (Å²) in [6.07, 6.45) is 5.06. The van der Waals surface area contributed by atoms with Crippen molar-refractivity contribution >= 4 is 11.6 Å². The molecule has 0 spiro atoms. The number of hydrogen-bond acceptors (Lipinski definition) is 2. The lowest BCUT2D eigenvalue weighted by Crippen LogP contribution is -2.22. The van der Waals surface area contributed by atoms with E-state index in [9.17, 15) is 0 Å². The van der Waals surface area contributed by atoms with Gasteiger partial charge < -0.3 is 5.32 Å². The van der Waals surface area contributed by atoms with Gasteiger partial charge in [0.2, 0.25) is 0 Å². The summed E-state index contributed by atoms with van der Waals surface area (Å²) in [4.78, 5) is 0. The highest BCUT2D eigenvalue weighted by Gasteiger charge is 2.14. The van der Waals surface area contributed by atoms with Gasteiger partial charge >= 0.3 is 0 Å². The zero-order chi connectivity index (χ0) is 15.5. The van der Waals surface area contributed by atoms with Gasteiger partial charge in [-0.15, -0.1) is 0 Å². The van der Waals surface area contributed by atoms with Gasteiger partial charge in [-0.25, -0.2) is 0 Å². The molecule has 21 heavy (non-hydrogen) atoms. The molecule has 1 aromatic carbocycles. The molecule has 3 nitrogen and oxygen atoms in total. The summed E-state index contributed by atoms with van der Waals surface area (Å²) in [6, 6.07) is 8.36. The molecule has 0 amide bonds. The van der Waals surface area contributed by atoms with Gasteiger partial charge in [0.15, 0.2) is 0 Å². The Morgan fingerprint density at radius 2 is 2.10 bits per heavy atom. The Labute approximate surface area is 132 Å². The first kappa shape index (κ1) is 16.1. The summed E-state index contributed by atoms with van der Waals surface area (Å²) in [5.41, 5.74) is 2.45. The van der Waals surface area contributed by atoms with Crippen molar-refractivity contribution in [1.82, 2.24) is 15.1 Å². The second-order valence-corrected chi connectivity index (χ2v) is 6.80. The Balaban J connectivity index is 2.02. The highest BCUT2D eigenvalue weighted by Crippen LogP contribution is 2.21. The molecule has 0 radical (unpaired) electrons. The first-order valence-electron chi connectivity index (χ1n) is 7.43. The van der Waals surface area contributed by atoms with E-state index in [1.165, 1.54) is 11.1 Å². The van der Waals surface area contributed by atoms with Crippen LogP contribution >= 0.6 is 11.6 Å². The maximum atomic E-state index is 6.08. The first-order valence-corrected chi connectivity index (χ1v) is 7.81. The number of aromatic nitrogens is 2. The van der Waals surface area contributed by atoms with Gasteiger partial charge in [0.1, 0.15) is 0 Å². The average molecular weight is 306 g/mol. The van der Waals surface area contributed by atoms with Crippen LogP contribution in [0.15, 0.2) is 36.7 Å². The molecular weight excluding hydrogens is 282 g/mol. The van der Waals surface area contributed by atoms with Crippen LogP contribution < -0.4 is 5.32 Å². The van der Waals surface area contributed by atoms with Crippen LogP contribution in [0.4, 0.5) is 0 Å². The average Bonchev–Trinajstić information content (AvgIpc) is 2.88. The normalized spacial score (nSPS) is 13.4. The molecular formula is C17H24ClN3. The van der Waals surface area contributed by atoms with Crippen molar-refractivity contribution in [1.29, 1.82) is 0 Å². The largest absolute Gasteiger partial charge is 0.306 e. The molecule has 0 aliphatic heterocycles. The molecule has 0 saturated carbocycles. The van der Waals surface area contributed by atoms with Crippen LogP contribution in [-0.2, 0) is 12.1 Å². The van der Waals surface area contributed by atoms with Crippen molar-refractivity contribution in [3.63, 3.8) is 0 Å². The Kier molecular flexibility index (Phi) is 5.07. The van der Waals surface area contributed by atoms with E-state index in [4.69, 9.17) is 11.6 Å². The second-order valence-electron chi connectivity index (χ2n) is 6.36. The van der Waals surface area contributed by atoms with Crippen molar-refractivity contribution in [2.24, 2.45) is 0 Å². The number of hydrogen-bond donors (Lipinski definition) is 1. The lowest BCUT2D eigenvalue weighted by Gasteiger charge is -2.19. The third-order valence-electron chi connectivity index (χ3n) is 3.54. The van der Waals surface area contributed by atoms with E-state index in [2.05, 4.69) is 50.4 Å². The fourth-order valence-electron chi connectivity index (χ4n) is 2.28. The summed E-state index contributed by atoms with van der Waals surface area (Å²) >= 11 is 6.08. The molecule has 0 aliphatic rings. The van der Waals surface area contributed by atoms with E-state index in [-0.39, 0.29) is 5.54 Å². The molecule has 1 N–H and O–H groups in total. The van der Waals surface area contributed by atoms with Gasteiger partial charge in [0, 0.05) is 29.4 Å². The van der Waals surface area contributed by atoms with Gasteiger partial charge in [0.25, 0.3) is 0 Å². The lowest BCUT2D eigenvalue weighted by atomic mass is 10.0. The molecule has 1 unspecified atom stereocenters. The Bertz CT molecular complexity index is 584. The van der Waals surface area contributed by atoms with E-state index < -0.39 is 0 Å². The van der Waals surface area contributed by atoms with Crippen molar-refractivity contribution in [2.75, 3.05) is 0 Å². The zero-order valence-electron chi connectivity index (χ0n) is 13.2. The third kappa shape index (κ3) is 4.32. The SMILES string of the molecule is CCC(NCc1cnn(C(C)(C)C)c1)c1cccc(Cl)c1. The Hall–Kier alpha value is -1.32. The first-order chi connectivity index (χ1) is 9.90. The number of nitrogens with zero attached hydrogens (tertiary/aromatic N) is 2. The molecule has 2 aromatic rings. The molecule has 0 aliphatic carbocycles. The van der Waals surface area contributed by atoms with Crippen LogP contribution in [0.3, 0.4) is 0 Å². The number of rotatable bonds is 5. The number of halogens is 1. The second kappa shape index (κ2) is 6.63. The van der Waals surface area contributed by atoms with E-state index in [1.807, 2.05) is 29.1 Å². The van der Waals surface area contributed by atoms with Crippen molar-refractivity contribution in [2.45, 2.75) is 52.2 Å². The smallest absolute Gasteiger partial charge is 0.0543 e. The van der Waals surface area contributed by atoms with Gasteiger partial charge in [-0.3, -0.25) is 4.68 Å². The van der Waals surface area contributed by atoms with E-state index in [0.29, 0.717) is 6.04 Å².